The number of nitro groups is 1. The number of hydrogen-bond donors (Lipinski definition) is 0. The van der Waals surface area contributed by atoms with Crippen LogP contribution < -0.4 is 4.57 Å². The van der Waals surface area contributed by atoms with Crippen molar-refractivity contribution in [1.29, 1.82) is 0 Å². The van der Waals surface area contributed by atoms with E-state index < -0.39 is 0 Å². The number of non-ortho nitro benzene ring substituents is 1. The molecule has 3 aromatic rings. The lowest BCUT2D eigenvalue weighted by atomic mass is 10.2. The molecule has 0 N–H and O–H groups in total. The largest absolute Gasteiger partial charge is 0.269 e. The summed E-state index contributed by atoms with van der Waals surface area (Å²) in [6.07, 6.45) is 3.73. The Kier molecular flexibility index (Phi) is 3.23. The average Bonchev–Trinajstić information content (AvgIpc) is 2.86. The fourth-order valence-corrected chi connectivity index (χ4v) is 2.39. The number of imidazole rings is 1. The zero-order chi connectivity index (χ0) is 14.8. The molecular formula is C16H14N3O2+. The van der Waals surface area contributed by atoms with E-state index >= 15 is 0 Å². The Labute approximate surface area is 121 Å². The molecule has 0 atom stereocenters. The van der Waals surface area contributed by atoms with Gasteiger partial charge in [0, 0.05) is 12.1 Å². The maximum absolute atomic E-state index is 10.7. The standard InChI is InChI=1S/C16H14N3O2/c1-2-17-12-18(16-6-4-3-5-15(16)17)11-13-7-9-14(10-8-13)19(20)21/h2-10,12H,1,11H2/q+1. The van der Waals surface area contributed by atoms with E-state index in [1.165, 1.54) is 12.1 Å². The maximum Gasteiger partial charge on any atom is 0.269 e. The fourth-order valence-electron chi connectivity index (χ4n) is 2.39. The molecule has 5 heteroatoms. The van der Waals surface area contributed by atoms with Crippen molar-refractivity contribution in [3.05, 3.63) is 77.1 Å². The first-order valence-electron chi connectivity index (χ1n) is 6.54. The van der Waals surface area contributed by atoms with Gasteiger partial charge in [0.15, 0.2) is 11.0 Å². The molecule has 0 bridgehead atoms. The second kappa shape index (κ2) is 5.20. The Morgan fingerprint density at radius 2 is 1.90 bits per heavy atom. The number of aromatic nitrogens is 2. The first kappa shape index (κ1) is 13.1. The summed E-state index contributed by atoms with van der Waals surface area (Å²) in [5, 5.41) is 10.7. The quantitative estimate of drug-likeness (QED) is 0.419. The van der Waals surface area contributed by atoms with Crippen LogP contribution in [0.3, 0.4) is 0 Å². The highest BCUT2D eigenvalue weighted by Crippen LogP contribution is 2.14. The third-order valence-corrected chi connectivity index (χ3v) is 3.43. The SMILES string of the molecule is C=Cn1c[n+](Cc2ccc([N+](=O)[O-])cc2)c2ccccc21. The molecule has 2 aromatic carbocycles. The van der Waals surface area contributed by atoms with E-state index in [9.17, 15) is 10.1 Å². The van der Waals surface area contributed by atoms with Crippen LogP contribution in [0.15, 0.2) is 61.4 Å². The van der Waals surface area contributed by atoms with Gasteiger partial charge in [-0.1, -0.05) is 18.7 Å². The minimum atomic E-state index is -0.388. The molecule has 0 spiro atoms. The highest BCUT2D eigenvalue weighted by atomic mass is 16.6. The minimum Gasteiger partial charge on any atom is -0.258 e. The first-order chi connectivity index (χ1) is 10.2. The van der Waals surface area contributed by atoms with Crippen LogP contribution in [-0.2, 0) is 6.54 Å². The van der Waals surface area contributed by atoms with Gasteiger partial charge in [-0.15, -0.1) is 0 Å². The molecule has 0 saturated heterocycles. The summed E-state index contributed by atoms with van der Waals surface area (Å²) in [5.41, 5.74) is 3.29. The van der Waals surface area contributed by atoms with Crippen molar-refractivity contribution in [3.63, 3.8) is 0 Å². The van der Waals surface area contributed by atoms with Gasteiger partial charge in [-0.05, 0) is 29.8 Å². The molecule has 1 heterocycles. The predicted octanol–water partition coefficient (Wildman–Crippen LogP) is 2.99. The lowest BCUT2D eigenvalue weighted by Gasteiger charge is -1.99. The lowest BCUT2D eigenvalue weighted by molar-refractivity contribution is -0.662. The highest BCUT2D eigenvalue weighted by molar-refractivity contribution is 5.73. The van der Waals surface area contributed by atoms with Crippen LogP contribution in [0.2, 0.25) is 0 Å². The van der Waals surface area contributed by atoms with Crippen LogP contribution in [0.4, 0.5) is 5.69 Å². The number of benzene rings is 2. The van der Waals surface area contributed by atoms with Crippen molar-refractivity contribution in [2.75, 3.05) is 0 Å². The second-order valence-electron chi connectivity index (χ2n) is 4.75. The van der Waals surface area contributed by atoms with Crippen LogP contribution in [-0.4, -0.2) is 9.49 Å². The van der Waals surface area contributed by atoms with Crippen LogP contribution in [0, 0.1) is 10.1 Å². The third kappa shape index (κ3) is 2.41. The average molecular weight is 280 g/mol. The van der Waals surface area contributed by atoms with E-state index in [4.69, 9.17) is 0 Å². The Hall–Kier alpha value is -2.95. The molecule has 0 aliphatic rings. The molecule has 0 aliphatic heterocycles. The Morgan fingerprint density at radius 1 is 1.19 bits per heavy atom. The van der Waals surface area contributed by atoms with E-state index in [-0.39, 0.29) is 10.6 Å². The summed E-state index contributed by atoms with van der Waals surface area (Å²) >= 11 is 0. The van der Waals surface area contributed by atoms with Crippen molar-refractivity contribution < 1.29 is 9.49 Å². The number of nitro benzene ring substituents is 1. The third-order valence-electron chi connectivity index (χ3n) is 3.43. The Balaban J connectivity index is 1.98. The monoisotopic (exact) mass is 280 g/mol. The van der Waals surface area contributed by atoms with Crippen LogP contribution in [0.25, 0.3) is 17.2 Å². The van der Waals surface area contributed by atoms with E-state index in [0.29, 0.717) is 6.54 Å². The van der Waals surface area contributed by atoms with Crippen LogP contribution >= 0.6 is 0 Å². The highest BCUT2D eigenvalue weighted by Gasteiger charge is 2.14. The van der Waals surface area contributed by atoms with Gasteiger partial charge in [-0.2, -0.15) is 0 Å². The second-order valence-corrected chi connectivity index (χ2v) is 4.75. The summed E-state index contributed by atoms with van der Waals surface area (Å²) in [6, 6.07) is 14.7. The van der Waals surface area contributed by atoms with Gasteiger partial charge in [-0.25, -0.2) is 9.13 Å². The summed E-state index contributed by atoms with van der Waals surface area (Å²) in [4.78, 5) is 10.3. The Morgan fingerprint density at radius 3 is 2.57 bits per heavy atom. The number of para-hydroxylation sites is 2. The fraction of sp³-hybridized carbons (Fsp3) is 0.0625. The smallest absolute Gasteiger partial charge is 0.258 e. The topological polar surface area (TPSA) is 52.0 Å². The maximum atomic E-state index is 10.7. The first-order valence-corrected chi connectivity index (χ1v) is 6.54. The molecule has 3 rings (SSSR count). The van der Waals surface area contributed by atoms with Gasteiger partial charge in [-0.3, -0.25) is 10.1 Å². The molecule has 0 amide bonds. The van der Waals surface area contributed by atoms with E-state index in [0.717, 1.165) is 16.6 Å². The molecule has 0 unspecified atom stereocenters. The van der Waals surface area contributed by atoms with E-state index in [1.54, 1.807) is 18.3 Å². The van der Waals surface area contributed by atoms with Gasteiger partial charge < -0.3 is 0 Å². The van der Waals surface area contributed by atoms with Gasteiger partial charge in [0.1, 0.15) is 6.54 Å². The number of rotatable bonds is 4. The molecule has 0 fully saturated rings. The van der Waals surface area contributed by atoms with Crippen molar-refractivity contribution in [3.8, 4) is 0 Å². The summed E-state index contributed by atoms with van der Waals surface area (Å²) in [5.74, 6) is 0. The molecule has 0 saturated carbocycles. The van der Waals surface area contributed by atoms with Gasteiger partial charge >= 0.3 is 0 Å². The number of fused-ring (bicyclic) bond motifs is 1. The van der Waals surface area contributed by atoms with E-state index in [2.05, 4.69) is 11.1 Å². The molecule has 0 aliphatic carbocycles. The van der Waals surface area contributed by atoms with Gasteiger partial charge in [0.2, 0.25) is 6.33 Å². The molecular weight excluding hydrogens is 266 g/mol. The van der Waals surface area contributed by atoms with Crippen LogP contribution in [0.1, 0.15) is 5.56 Å². The van der Waals surface area contributed by atoms with Crippen molar-refractivity contribution in [1.82, 2.24) is 4.57 Å². The van der Waals surface area contributed by atoms with Crippen molar-refractivity contribution >= 4 is 22.9 Å². The molecule has 0 radical (unpaired) electrons. The summed E-state index contributed by atoms with van der Waals surface area (Å²) in [7, 11) is 0. The molecule has 21 heavy (non-hydrogen) atoms. The number of nitrogens with zero attached hydrogens (tertiary/aromatic N) is 3. The minimum absolute atomic E-state index is 0.109. The summed E-state index contributed by atoms with van der Waals surface area (Å²) in [6.45, 7) is 4.46. The van der Waals surface area contributed by atoms with Crippen molar-refractivity contribution in [2.24, 2.45) is 0 Å². The van der Waals surface area contributed by atoms with E-state index in [1.807, 2.05) is 35.2 Å². The zero-order valence-corrected chi connectivity index (χ0v) is 11.3. The molecule has 5 nitrogen and oxygen atoms in total. The lowest BCUT2D eigenvalue weighted by Crippen LogP contribution is -2.32. The molecule has 104 valence electrons. The summed E-state index contributed by atoms with van der Waals surface area (Å²) < 4.78 is 4.05. The van der Waals surface area contributed by atoms with Gasteiger partial charge in [0.05, 0.1) is 11.1 Å². The van der Waals surface area contributed by atoms with Gasteiger partial charge in [0.25, 0.3) is 5.69 Å². The normalized spacial score (nSPS) is 10.7. The predicted molar refractivity (Wildman–Crippen MR) is 80.7 cm³/mol. The van der Waals surface area contributed by atoms with Crippen molar-refractivity contribution in [2.45, 2.75) is 6.54 Å². The zero-order valence-electron chi connectivity index (χ0n) is 11.3. The van der Waals surface area contributed by atoms with Crippen LogP contribution in [0.5, 0.6) is 0 Å². The Bertz CT molecular complexity index is 819. The number of hydrogen-bond acceptors (Lipinski definition) is 2. The molecule has 1 aromatic heterocycles.